The Hall–Kier alpha value is -2.95. The SMILES string of the molecule is COc1ccc(O)c(C(=O)/C=C\c2ccc3c(c2)OCCO3)c1. The number of carbonyl (C=O) groups is 1. The van der Waals surface area contributed by atoms with Gasteiger partial charge in [0.2, 0.25) is 0 Å². The highest BCUT2D eigenvalue weighted by Crippen LogP contribution is 2.31. The zero-order valence-electron chi connectivity index (χ0n) is 12.6. The molecule has 1 heterocycles. The van der Waals surface area contributed by atoms with E-state index < -0.39 is 0 Å². The zero-order valence-corrected chi connectivity index (χ0v) is 12.6. The lowest BCUT2D eigenvalue weighted by atomic mass is 10.1. The molecule has 0 amide bonds. The smallest absolute Gasteiger partial charge is 0.189 e. The van der Waals surface area contributed by atoms with Crippen molar-refractivity contribution in [2.45, 2.75) is 0 Å². The first-order valence-corrected chi connectivity index (χ1v) is 7.16. The average molecular weight is 312 g/mol. The summed E-state index contributed by atoms with van der Waals surface area (Å²) in [5.41, 5.74) is 1.00. The van der Waals surface area contributed by atoms with Gasteiger partial charge in [-0.1, -0.05) is 12.1 Å². The van der Waals surface area contributed by atoms with Crippen LogP contribution in [0.2, 0.25) is 0 Å². The van der Waals surface area contributed by atoms with Gasteiger partial charge in [0, 0.05) is 0 Å². The van der Waals surface area contributed by atoms with Gasteiger partial charge >= 0.3 is 0 Å². The summed E-state index contributed by atoms with van der Waals surface area (Å²) in [4.78, 5) is 12.2. The maximum Gasteiger partial charge on any atom is 0.189 e. The molecule has 2 aromatic carbocycles. The molecule has 1 aliphatic heterocycles. The van der Waals surface area contributed by atoms with Gasteiger partial charge in [0.1, 0.15) is 24.7 Å². The molecule has 0 spiro atoms. The molecule has 1 aliphatic rings. The van der Waals surface area contributed by atoms with E-state index in [1.165, 1.54) is 25.3 Å². The number of hydrogen-bond acceptors (Lipinski definition) is 5. The van der Waals surface area contributed by atoms with Gasteiger partial charge in [0.15, 0.2) is 17.3 Å². The molecule has 1 N–H and O–H groups in total. The van der Waals surface area contributed by atoms with E-state index in [0.717, 1.165) is 5.56 Å². The largest absolute Gasteiger partial charge is 0.507 e. The lowest BCUT2D eigenvalue weighted by molar-refractivity contribution is 0.104. The summed E-state index contributed by atoms with van der Waals surface area (Å²) in [7, 11) is 1.51. The quantitative estimate of drug-likeness (QED) is 0.694. The summed E-state index contributed by atoms with van der Waals surface area (Å²) in [6, 6.07) is 9.99. The van der Waals surface area contributed by atoms with Crippen LogP contribution in [0.3, 0.4) is 0 Å². The number of methoxy groups -OCH3 is 1. The summed E-state index contributed by atoms with van der Waals surface area (Å²) < 4.78 is 16.0. The molecule has 5 nitrogen and oxygen atoms in total. The molecule has 2 aromatic rings. The minimum absolute atomic E-state index is 0.0809. The molecule has 0 unspecified atom stereocenters. The Morgan fingerprint density at radius 2 is 1.91 bits per heavy atom. The number of carbonyl (C=O) groups excluding carboxylic acids is 1. The lowest BCUT2D eigenvalue weighted by Gasteiger charge is -2.18. The molecule has 0 saturated heterocycles. The van der Waals surface area contributed by atoms with Crippen LogP contribution in [-0.2, 0) is 0 Å². The maximum atomic E-state index is 12.2. The summed E-state index contributed by atoms with van der Waals surface area (Å²) in [6.45, 7) is 1.05. The van der Waals surface area contributed by atoms with Gasteiger partial charge in [-0.05, 0) is 42.0 Å². The molecule has 23 heavy (non-hydrogen) atoms. The van der Waals surface area contributed by atoms with Gasteiger partial charge in [-0.15, -0.1) is 0 Å². The molecule has 3 rings (SSSR count). The second-order valence-corrected chi connectivity index (χ2v) is 4.98. The van der Waals surface area contributed by atoms with Crippen LogP contribution in [0.25, 0.3) is 6.08 Å². The highest BCUT2D eigenvalue weighted by atomic mass is 16.6. The number of rotatable bonds is 4. The lowest BCUT2D eigenvalue weighted by Crippen LogP contribution is -2.15. The number of ketones is 1. The van der Waals surface area contributed by atoms with Crippen LogP contribution in [-0.4, -0.2) is 31.2 Å². The predicted octanol–water partition coefficient (Wildman–Crippen LogP) is 3.07. The maximum absolute atomic E-state index is 12.2. The first-order chi connectivity index (χ1) is 11.2. The Morgan fingerprint density at radius 3 is 2.70 bits per heavy atom. The van der Waals surface area contributed by atoms with Crippen LogP contribution in [0, 0.1) is 0 Å². The summed E-state index contributed by atoms with van der Waals surface area (Å²) in [6.07, 6.45) is 3.07. The normalized spacial score (nSPS) is 13.1. The molecule has 0 fully saturated rings. The number of fused-ring (bicyclic) bond motifs is 1. The molecule has 0 radical (unpaired) electrons. The summed E-state index contributed by atoms with van der Waals surface area (Å²) in [5.74, 6) is 1.48. The number of allylic oxidation sites excluding steroid dienone is 1. The van der Waals surface area contributed by atoms with Crippen molar-refractivity contribution < 1.29 is 24.1 Å². The standard InChI is InChI=1S/C18H16O5/c1-21-13-4-6-16(20)14(11-13)15(19)5-2-12-3-7-17-18(10-12)23-9-8-22-17/h2-7,10-11,20H,8-9H2,1H3/b5-2-. The number of phenols is 1. The van der Waals surface area contributed by atoms with Crippen LogP contribution < -0.4 is 14.2 Å². The topological polar surface area (TPSA) is 65.0 Å². The molecular weight excluding hydrogens is 296 g/mol. The first-order valence-electron chi connectivity index (χ1n) is 7.16. The average Bonchev–Trinajstić information content (AvgIpc) is 2.60. The van der Waals surface area contributed by atoms with E-state index >= 15 is 0 Å². The molecule has 118 valence electrons. The summed E-state index contributed by atoms with van der Waals surface area (Å²) in [5, 5.41) is 9.81. The van der Waals surface area contributed by atoms with Crippen LogP contribution in [0.4, 0.5) is 0 Å². The number of aromatic hydroxyl groups is 1. The second kappa shape index (κ2) is 6.44. The molecule has 5 heteroatoms. The Balaban J connectivity index is 1.81. The molecule has 0 bridgehead atoms. The van der Waals surface area contributed by atoms with Crippen LogP contribution >= 0.6 is 0 Å². The van der Waals surface area contributed by atoms with Gasteiger partial charge in [0.25, 0.3) is 0 Å². The molecule has 0 saturated carbocycles. The van der Waals surface area contributed by atoms with Gasteiger partial charge in [-0.3, -0.25) is 4.79 Å². The highest BCUT2D eigenvalue weighted by molar-refractivity contribution is 6.08. The van der Waals surface area contributed by atoms with E-state index in [-0.39, 0.29) is 17.1 Å². The Bertz CT molecular complexity index is 764. The van der Waals surface area contributed by atoms with Crippen molar-refractivity contribution in [1.29, 1.82) is 0 Å². The van der Waals surface area contributed by atoms with E-state index in [2.05, 4.69) is 0 Å². The minimum Gasteiger partial charge on any atom is -0.507 e. The van der Waals surface area contributed by atoms with Crippen molar-refractivity contribution in [3.63, 3.8) is 0 Å². The fourth-order valence-corrected chi connectivity index (χ4v) is 2.26. The molecule has 0 aliphatic carbocycles. The minimum atomic E-state index is -0.309. The third-order valence-corrected chi connectivity index (χ3v) is 3.46. The highest BCUT2D eigenvalue weighted by Gasteiger charge is 2.12. The number of benzene rings is 2. The van der Waals surface area contributed by atoms with Crippen LogP contribution in [0.15, 0.2) is 42.5 Å². The number of ether oxygens (including phenoxy) is 3. The van der Waals surface area contributed by atoms with Crippen molar-refractivity contribution in [2.75, 3.05) is 20.3 Å². The van der Waals surface area contributed by atoms with Crippen molar-refractivity contribution in [1.82, 2.24) is 0 Å². The Kier molecular flexibility index (Phi) is 4.19. The van der Waals surface area contributed by atoms with E-state index in [9.17, 15) is 9.90 Å². The van der Waals surface area contributed by atoms with Gasteiger partial charge in [-0.25, -0.2) is 0 Å². The van der Waals surface area contributed by atoms with E-state index in [1.54, 1.807) is 12.1 Å². The van der Waals surface area contributed by atoms with E-state index in [0.29, 0.717) is 30.5 Å². The fourth-order valence-electron chi connectivity index (χ4n) is 2.26. The van der Waals surface area contributed by atoms with Crippen LogP contribution in [0.5, 0.6) is 23.0 Å². The fraction of sp³-hybridized carbons (Fsp3) is 0.167. The Morgan fingerprint density at radius 1 is 1.13 bits per heavy atom. The van der Waals surface area contributed by atoms with Gasteiger partial charge in [0.05, 0.1) is 12.7 Å². The Labute approximate surface area is 133 Å². The van der Waals surface area contributed by atoms with E-state index in [4.69, 9.17) is 14.2 Å². The summed E-state index contributed by atoms with van der Waals surface area (Å²) >= 11 is 0. The van der Waals surface area contributed by atoms with Crippen molar-refractivity contribution in [3.05, 3.63) is 53.6 Å². The van der Waals surface area contributed by atoms with Crippen LogP contribution in [0.1, 0.15) is 15.9 Å². The van der Waals surface area contributed by atoms with Crippen molar-refractivity contribution >= 4 is 11.9 Å². The monoisotopic (exact) mass is 312 g/mol. The number of phenolic OH excluding ortho intramolecular Hbond substituents is 1. The second-order valence-electron chi connectivity index (χ2n) is 4.98. The third kappa shape index (κ3) is 3.29. The predicted molar refractivity (Wildman–Crippen MR) is 85.5 cm³/mol. The molecule has 0 aromatic heterocycles. The van der Waals surface area contributed by atoms with Crippen molar-refractivity contribution in [2.24, 2.45) is 0 Å². The van der Waals surface area contributed by atoms with E-state index in [1.807, 2.05) is 18.2 Å². The third-order valence-electron chi connectivity index (χ3n) is 3.46. The number of hydrogen-bond donors (Lipinski definition) is 1. The first kappa shape index (κ1) is 15.0. The molecular formula is C18H16O5. The van der Waals surface area contributed by atoms with Gasteiger partial charge in [-0.2, -0.15) is 0 Å². The van der Waals surface area contributed by atoms with Crippen molar-refractivity contribution in [3.8, 4) is 23.0 Å². The molecule has 0 atom stereocenters. The zero-order chi connectivity index (χ0) is 16.2. The van der Waals surface area contributed by atoms with Gasteiger partial charge < -0.3 is 19.3 Å².